The van der Waals surface area contributed by atoms with Crippen LogP contribution in [0.15, 0.2) is 36.4 Å². The van der Waals surface area contributed by atoms with Crippen molar-refractivity contribution in [2.75, 3.05) is 5.32 Å². The van der Waals surface area contributed by atoms with E-state index in [1.807, 2.05) is 32.0 Å². The summed E-state index contributed by atoms with van der Waals surface area (Å²) in [7, 11) is 0. The smallest absolute Gasteiger partial charge is 0.326 e. The van der Waals surface area contributed by atoms with Gasteiger partial charge in [0.15, 0.2) is 0 Å². The fourth-order valence-corrected chi connectivity index (χ4v) is 8.27. The molecule has 0 spiro atoms. The quantitative estimate of drug-likeness (QED) is 0.509. The van der Waals surface area contributed by atoms with Crippen LogP contribution < -0.4 is 5.32 Å². The summed E-state index contributed by atoms with van der Waals surface area (Å²) >= 11 is 0. The molecule has 4 fully saturated rings. The standard InChI is InChI=1S/C30H34N2O4/c1-17(2)27(29(35)36)32-15-22-4-3-21(10-25(22)28(32)34)24-6-5-23(11-26(24)31-16-33)30-12-18-7-19(13-30)9-20(8-18)14-30/h3-6,10-11,16-20,27H,7-9,12-15H2,1-2H3,(H,31,33)(H,35,36). The molecule has 7 rings (SSSR count). The highest BCUT2D eigenvalue weighted by Crippen LogP contribution is 2.61. The van der Waals surface area contributed by atoms with E-state index in [-0.39, 0.29) is 17.2 Å². The summed E-state index contributed by atoms with van der Waals surface area (Å²) in [5, 5.41) is 12.6. The average Bonchev–Trinajstić information content (AvgIpc) is 3.13. The van der Waals surface area contributed by atoms with E-state index in [0.717, 1.165) is 46.5 Å². The molecule has 6 nitrogen and oxygen atoms in total. The molecule has 6 heteroatoms. The van der Waals surface area contributed by atoms with Gasteiger partial charge < -0.3 is 15.3 Å². The van der Waals surface area contributed by atoms with E-state index in [0.29, 0.717) is 12.1 Å². The van der Waals surface area contributed by atoms with Crippen LogP contribution in [-0.4, -0.2) is 34.3 Å². The number of nitrogens with zero attached hydrogens (tertiary/aromatic N) is 1. The lowest BCUT2D eigenvalue weighted by Gasteiger charge is -2.57. The number of hydrogen-bond acceptors (Lipinski definition) is 3. The highest BCUT2D eigenvalue weighted by Gasteiger charge is 2.51. The van der Waals surface area contributed by atoms with E-state index in [4.69, 9.17) is 0 Å². The van der Waals surface area contributed by atoms with Gasteiger partial charge in [-0.1, -0.05) is 38.1 Å². The van der Waals surface area contributed by atoms with Gasteiger partial charge in [-0.15, -0.1) is 0 Å². The Hall–Kier alpha value is -3.15. The number of fused-ring (bicyclic) bond motifs is 1. The third-order valence-electron chi connectivity index (χ3n) is 9.36. The highest BCUT2D eigenvalue weighted by molar-refractivity contribution is 6.02. The van der Waals surface area contributed by atoms with Crippen molar-refractivity contribution in [1.82, 2.24) is 4.90 Å². The zero-order chi connectivity index (χ0) is 25.2. The van der Waals surface area contributed by atoms with E-state index in [9.17, 15) is 19.5 Å². The molecule has 4 saturated carbocycles. The Kier molecular flexibility index (Phi) is 5.47. The van der Waals surface area contributed by atoms with E-state index >= 15 is 0 Å². The third-order valence-corrected chi connectivity index (χ3v) is 9.36. The SMILES string of the molecule is CC(C)C(C(=O)O)N1Cc2ccc(-c3ccc(C45CC6CC(CC(C6)C4)C5)cc3NC=O)cc2C1=O. The van der Waals surface area contributed by atoms with Crippen LogP contribution in [0.5, 0.6) is 0 Å². The van der Waals surface area contributed by atoms with Crippen molar-refractivity contribution in [3.63, 3.8) is 0 Å². The van der Waals surface area contributed by atoms with Crippen LogP contribution in [0.2, 0.25) is 0 Å². The first-order valence-corrected chi connectivity index (χ1v) is 13.3. The number of rotatable bonds is 7. The molecule has 0 radical (unpaired) electrons. The van der Waals surface area contributed by atoms with Gasteiger partial charge >= 0.3 is 5.97 Å². The first-order chi connectivity index (χ1) is 17.3. The van der Waals surface area contributed by atoms with Crippen LogP contribution in [0.25, 0.3) is 11.1 Å². The number of amides is 2. The highest BCUT2D eigenvalue weighted by atomic mass is 16.4. The monoisotopic (exact) mass is 486 g/mol. The van der Waals surface area contributed by atoms with Crippen molar-refractivity contribution < 1.29 is 19.5 Å². The van der Waals surface area contributed by atoms with Crippen LogP contribution in [0.3, 0.4) is 0 Å². The van der Waals surface area contributed by atoms with Gasteiger partial charge in [-0.25, -0.2) is 4.79 Å². The first-order valence-electron chi connectivity index (χ1n) is 13.3. The second-order valence-corrected chi connectivity index (χ2v) is 12.1. The van der Waals surface area contributed by atoms with E-state index in [1.165, 1.54) is 49.0 Å². The number of hydrogen-bond donors (Lipinski definition) is 2. The summed E-state index contributed by atoms with van der Waals surface area (Å²) in [6.45, 7) is 3.94. The number of anilines is 1. The predicted molar refractivity (Wildman–Crippen MR) is 138 cm³/mol. The fraction of sp³-hybridized carbons (Fsp3) is 0.500. The molecule has 2 aromatic carbocycles. The minimum atomic E-state index is -0.982. The summed E-state index contributed by atoms with van der Waals surface area (Å²) in [6, 6.07) is 11.4. The number of carbonyl (C=O) groups is 3. The number of aliphatic carboxylic acids is 1. The van der Waals surface area contributed by atoms with Crippen molar-refractivity contribution in [3.05, 3.63) is 53.1 Å². The average molecular weight is 487 g/mol. The normalized spacial score (nSPS) is 28.9. The largest absolute Gasteiger partial charge is 0.480 e. The van der Waals surface area contributed by atoms with Gasteiger partial charge in [0.2, 0.25) is 6.41 Å². The van der Waals surface area contributed by atoms with E-state index < -0.39 is 12.0 Å². The molecule has 2 N–H and O–H groups in total. The molecule has 36 heavy (non-hydrogen) atoms. The van der Waals surface area contributed by atoms with Crippen LogP contribution in [0.1, 0.15) is 73.9 Å². The summed E-state index contributed by atoms with van der Waals surface area (Å²) in [5.41, 5.74) is 5.44. The Morgan fingerprint density at radius 1 is 1.03 bits per heavy atom. The molecule has 4 aliphatic carbocycles. The van der Waals surface area contributed by atoms with Gasteiger partial charge in [-0.05, 0) is 96.4 Å². The zero-order valence-corrected chi connectivity index (χ0v) is 21.0. The van der Waals surface area contributed by atoms with Crippen molar-refractivity contribution in [3.8, 4) is 11.1 Å². The van der Waals surface area contributed by atoms with Gasteiger partial charge in [0.25, 0.3) is 5.91 Å². The van der Waals surface area contributed by atoms with Crippen molar-refractivity contribution in [1.29, 1.82) is 0 Å². The van der Waals surface area contributed by atoms with E-state index in [1.54, 1.807) is 0 Å². The number of carboxylic acids is 1. The molecule has 2 amide bonds. The lowest BCUT2D eigenvalue weighted by Crippen LogP contribution is -2.48. The Labute approximate surface area is 212 Å². The van der Waals surface area contributed by atoms with Crippen LogP contribution in [0, 0.1) is 23.7 Å². The molecule has 0 aromatic heterocycles. The predicted octanol–water partition coefficient (Wildman–Crippen LogP) is 5.45. The Morgan fingerprint density at radius 2 is 1.69 bits per heavy atom. The van der Waals surface area contributed by atoms with E-state index in [2.05, 4.69) is 23.5 Å². The van der Waals surface area contributed by atoms with Crippen LogP contribution in [0.4, 0.5) is 5.69 Å². The molecule has 1 atom stereocenters. The Bertz CT molecular complexity index is 1210. The summed E-state index contributed by atoms with van der Waals surface area (Å²) in [5.74, 6) is 1.09. The van der Waals surface area contributed by atoms with Crippen molar-refractivity contribution in [2.45, 2.75) is 70.4 Å². The van der Waals surface area contributed by atoms with Crippen molar-refractivity contribution in [2.24, 2.45) is 23.7 Å². The fourth-order valence-electron chi connectivity index (χ4n) is 8.27. The molecule has 4 bridgehead atoms. The Morgan fingerprint density at radius 3 is 2.28 bits per heavy atom. The molecule has 1 unspecified atom stereocenters. The zero-order valence-electron chi connectivity index (χ0n) is 21.0. The maximum absolute atomic E-state index is 13.2. The van der Waals surface area contributed by atoms with Crippen molar-refractivity contribution >= 4 is 24.0 Å². The van der Waals surface area contributed by atoms with Gasteiger partial charge in [-0.2, -0.15) is 0 Å². The summed E-state index contributed by atoms with van der Waals surface area (Å²) in [6.07, 6.45) is 8.64. The first kappa shape index (κ1) is 23.3. The van der Waals surface area contributed by atoms with Crippen LogP contribution in [-0.2, 0) is 21.5 Å². The molecule has 0 saturated heterocycles. The topological polar surface area (TPSA) is 86.7 Å². The molecular weight excluding hydrogens is 452 g/mol. The lowest BCUT2D eigenvalue weighted by atomic mass is 9.48. The molecule has 2 aromatic rings. The van der Waals surface area contributed by atoms with Gasteiger partial charge in [0.05, 0.1) is 0 Å². The second kappa shape index (κ2) is 8.46. The summed E-state index contributed by atoms with van der Waals surface area (Å²) in [4.78, 5) is 38.1. The number of nitrogens with one attached hydrogen (secondary N) is 1. The molecule has 1 heterocycles. The minimum Gasteiger partial charge on any atom is -0.480 e. The number of carbonyl (C=O) groups excluding carboxylic acids is 2. The maximum Gasteiger partial charge on any atom is 0.326 e. The number of carboxylic acid groups (broad SMARTS) is 1. The molecular formula is C30H34N2O4. The molecule has 188 valence electrons. The molecule has 1 aliphatic heterocycles. The Balaban J connectivity index is 1.34. The lowest BCUT2D eigenvalue weighted by molar-refractivity contribution is -0.144. The maximum atomic E-state index is 13.2. The van der Waals surface area contributed by atoms with Crippen LogP contribution >= 0.6 is 0 Å². The number of benzene rings is 2. The minimum absolute atomic E-state index is 0.194. The van der Waals surface area contributed by atoms with Gasteiger partial charge in [-0.3, -0.25) is 9.59 Å². The second-order valence-electron chi connectivity index (χ2n) is 12.1. The van der Waals surface area contributed by atoms with Gasteiger partial charge in [0, 0.05) is 23.4 Å². The van der Waals surface area contributed by atoms with Gasteiger partial charge in [0.1, 0.15) is 6.04 Å². The third kappa shape index (κ3) is 3.64. The summed E-state index contributed by atoms with van der Waals surface area (Å²) < 4.78 is 0. The molecule has 5 aliphatic rings.